The molecule has 1 aliphatic heterocycles. The molecule has 0 unspecified atom stereocenters. The van der Waals surface area contributed by atoms with Crippen LogP contribution in [0.15, 0.2) is 30.5 Å². The molecule has 1 aromatic carbocycles. The number of primary amides is 1. The summed E-state index contributed by atoms with van der Waals surface area (Å²) in [6.45, 7) is 3.34. The summed E-state index contributed by atoms with van der Waals surface area (Å²) in [7, 11) is 0. The summed E-state index contributed by atoms with van der Waals surface area (Å²) < 4.78 is 13.8. The molecule has 1 saturated heterocycles. The molecular formula is C17H20FN3O. The van der Waals surface area contributed by atoms with Crippen LogP contribution in [-0.2, 0) is 11.3 Å². The minimum atomic E-state index is -0.258. The van der Waals surface area contributed by atoms with E-state index in [0.29, 0.717) is 19.1 Å². The van der Waals surface area contributed by atoms with E-state index in [9.17, 15) is 9.18 Å². The zero-order valence-corrected chi connectivity index (χ0v) is 12.6. The lowest BCUT2D eigenvalue weighted by Gasteiger charge is -2.37. The highest BCUT2D eigenvalue weighted by Gasteiger charge is 2.29. The van der Waals surface area contributed by atoms with Crippen LogP contribution in [0.2, 0.25) is 0 Å². The Balaban J connectivity index is 1.90. The lowest BCUT2D eigenvalue weighted by atomic mass is 9.92. The Morgan fingerprint density at radius 2 is 2.27 bits per heavy atom. The highest BCUT2D eigenvalue weighted by Crippen LogP contribution is 2.26. The molecule has 116 valence electrons. The van der Waals surface area contributed by atoms with Crippen LogP contribution in [0.1, 0.15) is 25.3 Å². The number of amides is 1. The summed E-state index contributed by atoms with van der Waals surface area (Å²) in [5.41, 5.74) is 7.12. The predicted molar refractivity (Wildman–Crippen MR) is 83.5 cm³/mol. The van der Waals surface area contributed by atoms with Gasteiger partial charge < -0.3 is 5.73 Å². The summed E-state index contributed by atoms with van der Waals surface area (Å²) in [5, 5.41) is 0.800. The molecule has 0 bridgehead atoms. The van der Waals surface area contributed by atoms with Crippen LogP contribution >= 0.6 is 0 Å². The first kappa shape index (κ1) is 14.9. The summed E-state index contributed by atoms with van der Waals surface area (Å²) in [6.07, 6.45) is 3.47. The van der Waals surface area contributed by atoms with Gasteiger partial charge >= 0.3 is 0 Å². The Bertz CT molecular complexity index is 703. The highest BCUT2D eigenvalue weighted by atomic mass is 19.1. The molecule has 0 spiro atoms. The number of benzene rings is 1. The van der Waals surface area contributed by atoms with E-state index in [1.807, 2.05) is 6.07 Å². The molecule has 0 radical (unpaired) electrons. The van der Waals surface area contributed by atoms with E-state index in [-0.39, 0.29) is 17.6 Å². The molecule has 0 aliphatic carbocycles. The van der Waals surface area contributed by atoms with Gasteiger partial charge in [-0.15, -0.1) is 0 Å². The highest BCUT2D eigenvalue weighted by molar-refractivity contribution is 5.81. The number of nitrogens with zero attached hydrogens (tertiary/aromatic N) is 2. The van der Waals surface area contributed by atoms with E-state index in [1.165, 1.54) is 12.1 Å². The van der Waals surface area contributed by atoms with Gasteiger partial charge in [0.25, 0.3) is 0 Å². The van der Waals surface area contributed by atoms with Crippen molar-refractivity contribution in [1.29, 1.82) is 0 Å². The number of rotatable bonds is 3. The minimum Gasteiger partial charge on any atom is -0.369 e. The van der Waals surface area contributed by atoms with Gasteiger partial charge in [0.15, 0.2) is 0 Å². The molecule has 2 aromatic rings. The molecule has 2 heterocycles. The van der Waals surface area contributed by atoms with Crippen LogP contribution in [-0.4, -0.2) is 28.4 Å². The molecule has 1 fully saturated rings. The average Bonchev–Trinajstić information content (AvgIpc) is 2.49. The van der Waals surface area contributed by atoms with Crippen LogP contribution in [0.25, 0.3) is 10.9 Å². The second-order valence-corrected chi connectivity index (χ2v) is 6.10. The summed E-state index contributed by atoms with van der Waals surface area (Å²) >= 11 is 0. The van der Waals surface area contributed by atoms with Crippen molar-refractivity contribution in [3.63, 3.8) is 0 Å². The van der Waals surface area contributed by atoms with E-state index in [0.717, 1.165) is 29.3 Å². The summed E-state index contributed by atoms with van der Waals surface area (Å²) in [6, 6.07) is 7.05. The lowest BCUT2D eigenvalue weighted by molar-refractivity contribution is -0.124. The molecule has 1 aromatic heterocycles. The van der Waals surface area contributed by atoms with Crippen molar-refractivity contribution in [2.45, 2.75) is 32.4 Å². The van der Waals surface area contributed by atoms with E-state index in [2.05, 4.69) is 16.8 Å². The predicted octanol–water partition coefficient (Wildman–Crippen LogP) is 2.46. The maximum atomic E-state index is 13.8. The normalized spacial score (nSPS) is 22.8. The number of pyridine rings is 1. The number of nitrogens with two attached hydrogens (primary N) is 1. The van der Waals surface area contributed by atoms with Gasteiger partial charge in [-0.05, 0) is 43.5 Å². The van der Waals surface area contributed by atoms with Crippen LogP contribution in [0.3, 0.4) is 0 Å². The molecule has 4 nitrogen and oxygen atoms in total. The Morgan fingerprint density at radius 3 is 3.05 bits per heavy atom. The second-order valence-electron chi connectivity index (χ2n) is 6.10. The van der Waals surface area contributed by atoms with Crippen molar-refractivity contribution in [2.24, 2.45) is 11.7 Å². The second kappa shape index (κ2) is 6.01. The SMILES string of the molecule is C[C@H]1CC[C@@H](C(N)=O)CN1Cc1cc(F)cc2cccnc12. The number of fused-ring (bicyclic) bond motifs is 1. The molecule has 0 saturated carbocycles. The van der Waals surface area contributed by atoms with Crippen molar-refractivity contribution < 1.29 is 9.18 Å². The van der Waals surface area contributed by atoms with Crippen LogP contribution in [0.5, 0.6) is 0 Å². The van der Waals surface area contributed by atoms with Gasteiger partial charge in [0.2, 0.25) is 5.91 Å². The van der Waals surface area contributed by atoms with E-state index in [4.69, 9.17) is 5.73 Å². The lowest BCUT2D eigenvalue weighted by Crippen LogP contribution is -2.45. The van der Waals surface area contributed by atoms with Gasteiger partial charge in [-0.3, -0.25) is 14.7 Å². The van der Waals surface area contributed by atoms with Crippen molar-refractivity contribution in [3.8, 4) is 0 Å². The Hall–Kier alpha value is -2.01. The standard InChI is InChI=1S/C17H20FN3O/c1-11-4-5-13(17(19)22)9-21(11)10-14-8-15(18)7-12-3-2-6-20-16(12)14/h2-3,6-8,11,13H,4-5,9-10H2,1H3,(H2,19,22)/t11-,13+/m0/s1. The average molecular weight is 301 g/mol. The number of carbonyl (C=O) groups is 1. The van der Waals surface area contributed by atoms with Crippen LogP contribution in [0.4, 0.5) is 4.39 Å². The molecule has 3 rings (SSSR count). The summed E-state index contributed by atoms with van der Waals surface area (Å²) in [4.78, 5) is 18.0. The molecule has 2 N–H and O–H groups in total. The Labute approximate surface area is 129 Å². The molecule has 22 heavy (non-hydrogen) atoms. The molecule has 1 aliphatic rings. The van der Waals surface area contributed by atoms with Gasteiger partial charge in [0.1, 0.15) is 5.82 Å². The fraction of sp³-hybridized carbons (Fsp3) is 0.412. The summed E-state index contributed by atoms with van der Waals surface area (Å²) in [5.74, 6) is -0.630. The van der Waals surface area contributed by atoms with E-state index in [1.54, 1.807) is 12.3 Å². The maximum absolute atomic E-state index is 13.8. The zero-order chi connectivity index (χ0) is 15.7. The fourth-order valence-electron chi connectivity index (χ4n) is 3.20. The largest absolute Gasteiger partial charge is 0.369 e. The molecule has 2 atom stereocenters. The third-order valence-corrected chi connectivity index (χ3v) is 4.54. The van der Waals surface area contributed by atoms with E-state index < -0.39 is 0 Å². The monoisotopic (exact) mass is 301 g/mol. The fourth-order valence-corrected chi connectivity index (χ4v) is 3.20. The van der Waals surface area contributed by atoms with Crippen molar-refractivity contribution in [1.82, 2.24) is 9.88 Å². The van der Waals surface area contributed by atoms with Gasteiger partial charge in [-0.2, -0.15) is 0 Å². The van der Waals surface area contributed by atoms with Gasteiger partial charge in [-0.25, -0.2) is 4.39 Å². The maximum Gasteiger partial charge on any atom is 0.221 e. The quantitative estimate of drug-likeness (QED) is 0.947. The Morgan fingerprint density at radius 1 is 1.45 bits per heavy atom. The number of hydrogen-bond acceptors (Lipinski definition) is 3. The number of halogens is 1. The zero-order valence-electron chi connectivity index (χ0n) is 12.6. The minimum absolute atomic E-state index is 0.121. The first-order chi connectivity index (χ1) is 10.5. The topological polar surface area (TPSA) is 59.2 Å². The van der Waals surface area contributed by atoms with Crippen molar-refractivity contribution >= 4 is 16.8 Å². The smallest absolute Gasteiger partial charge is 0.221 e. The number of aromatic nitrogens is 1. The first-order valence-corrected chi connectivity index (χ1v) is 7.61. The third-order valence-electron chi connectivity index (χ3n) is 4.54. The molecule has 5 heteroatoms. The van der Waals surface area contributed by atoms with Crippen LogP contribution < -0.4 is 5.73 Å². The van der Waals surface area contributed by atoms with Crippen molar-refractivity contribution in [2.75, 3.05) is 6.54 Å². The number of likely N-dealkylation sites (tertiary alicyclic amines) is 1. The number of piperidine rings is 1. The van der Waals surface area contributed by atoms with Gasteiger partial charge in [0, 0.05) is 30.7 Å². The van der Waals surface area contributed by atoms with Crippen LogP contribution in [0, 0.1) is 11.7 Å². The number of carbonyl (C=O) groups excluding carboxylic acids is 1. The third kappa shape index (κ3) is 2.95. The van der Waals surface area contributed by atoms with Gasteiger partial charge in [0.05, 0.1) is 11.4 Å². The first-order valence-electron chi connectivity index (χ1n) is 7.61. The van der Waals surface area contributed by atoms with Crippen molar-refractivity contribution in [3.05, 3.63) is 41.8 Å². The Kier molecular flexibility index (Phi) is 4.07. The van der Waals surface area contributed by atoms with E-state index >= 15 is 0 Å². The molecular weight excluding hydrogens is 281 g/mol. The number of hydrogen-bond donors (Lipinski definition) is 1. The van der Waals surface area contributed by atoms with Gasteiger partial charge in [-0.1, -0.05) is 6.07 Å². The molecule has 1 amide bonds.